The van der Waals surface area contributed by atoms with Crippen LogP contribution in [0.4, 0.5) is 0 Å². The molecule has 0 amide bonds. The van der Waals surface area contributed by atoms with Gasteiger partial charge in [0.05, 0.1) is 17.3 Å². The van der Waals surface area contributed by atoms with Crippen molar-refractivity contribution in [2.45, 2.75) is 30.0 Å². The van der Waals surface area contributed by atoms with Crippen LogP contribution in [0.3, 0.4) is 0 Å². The van der Waals surface area contributed by atoms with Crippen molar-refractivity contribution in [3.05, 3.63) is 113 Å². The van der Waals surface area contributed by atoms with Gasteiger partial charge in [0, 0.05) is 35.8 Å². The minimum atomic E-state index is -1.74. The molecule has 7 heteroatoms. The Labute approximate surface area is 195 Å². The lowest BCUT2D eigenvalue weighted by Crippen LogP contribution is -2.54. The highest BCUT2D eigenvalue weighted by Crippen LogP contribution is 2.56. The summed E-state index contributed by atoms with van der Waals surface area (Å²) in [5.41, 5.74) is -2.11. The number of nitrogens with zero attached hydrogens (tertiary/aromatic N) is 3. The van der Waals surface area contributed by atoms with E-state index in [1.54, 1.807) is 67.1 Å². The Balaban J connectivity index is 1.71. The van der Waals surface area contributed by atoms with E-state index in [1.165, 1.54) is 11.3 Å². The molecule has 0 spiro atoms. The Hall–Kier alpha value is -3.26. The molecule has 0 aromatic carbocycles. The van der Waals surface area contributed by atoms with Gasteiger partial charge in [0.2, 0.25) is 0 Å². The fourth-order valence-corrected chi connectivity index (χ4v) is 5.84. The van der Waals surface area contributed by atoms with Crippen LogP contribution in [0.2, 0.25) is 0 Å². The van der Waals surface area contributed by atoms with Crippen molar-refractivity contribution in [3.63, 3.8) is 0 Å². The summed E-state index contributed by atoms with van der Waals surface area (Å²) in [4.78, 5) is 27.9. The van der Waals surface area contributed by atoms with E-state index in [0.717, 1.165) is 4.88 Å². The molecule has 1 aliphatic rings. The number of pyridine rings is 3. The van der Waals surface area contributed by atoms with Crippen LogP contribution >= 0.6 is 11.3 Å². The van der Waals surface area contributed by atoms with Gasteiger partial charge in [-0.15, -0.1) is 11.3 Å². The summed E-state index contributed by atoms with van der Waals surface area (Å²) in [6.45, 7) is 0. The molecule has 1 saturated carbocycles. The van der Waals surface area contributed by atoms with Crippen molar-refractivity contribution in [1.29, 1.82) is 0 Å². The maximum Gasteiger partial charge on any atom is 0.188 e. The maximum absolute atomic E-state index is 13.9. The predicted octanol–water partition coefficient (Wildman–Crippen LogP) is 4.09. The molecule has 2 N–H and O–H groups in total. The van der Waals surface area contributed by atoms with Crippen molar-refractivity contribution < 1.29 is 15.0 Å². The van der Waals surface area contributed by atoms with Gasteiger partial charge in [-0.1, -0.05) is 24.3 Å². The molecular weight excluding hydrogens is 434 g/mol. The molecule has 33 heavy (non-hydrogen) atoms. The molecule has 0 saturated heterocycles. The van der Waals surface area contributed by atoms with Crippen LogP contribution in [0.5, 0.6) is 0 Å². The summed E-state index contributed by atoms with van der Waals surface area (Å²) >= 11 is 1.50. The lowest BCUT2D eigenvalue weighted by molar-refractivity contribution is -0.143. The lowest BCUT2D eigenvalue weighted by Gasteiger charge is -2.49. The number of rotatable bonds is 5. The first-order valence-corrected chi connectivity index (χ1v) is 11.7. The summed E-state index contributed by atoms with van der Waals surface area (Å²) in [5, 5.41) is 26.1. The molecule has 4 aromatic heterocycles. The van der Waals surface area contributed by atoms with Crippen LogP contribution in [0.15, 0.2) is 90.7 Å². The highest BCUT2D eigenvalue weighted by Gasteiger charge is 2.59. The van der Waals surface area contributed by atoms with E-state index in [4.69, 9.17) is 0 Å². The molecule has 4 heterocycles. The summed E-state index contributed by atoms with van der Waals surface area (Å²) in [5.74, 6) is -1.62. The van der Waals surface area contributed by atoms with Crippen LogP contribution in [0, 0.1) is 5.92 Å². The molecule has 1 fully saturated rings. The van der Waals surface area contributed by atoms with E-state index in [1.807, 2.05) is 23.6 Å². The molecule has 0 bridgehead atoms. The van der Waals surface area contributed by atoms with Gasteiger partial charge in [-0.2, -0.15) is 0 Å². The van der Waals surface area contributed by atoms with E-state index in [0.29, 0.717) is 11.4 Å². The number of aromatic nitrogens is 3. The number of Topliss-reactive ketones (excluding diaryl/α,β-unsaturated/α-hetero) is 1. The summed E-state index contributed by atoms with van der Waals surface area (Å²) in [6, 6.07) is 19.6. The van der Waals surface area contributed by atoms with Crippen LogP contribution < -0.4 is 0 Å². The van der Waals surface area contributed by atoms with Gasteiger partial charge in [-0.25, -0.2) is 0 Å². The smallest absolute Gasteiger partial charge is 0.188 e. The molecule has 4 atom stereocenters. The average molecular weight is 458 g/mol. The molecule has 4 aromatic rings. The van der Waals surface area contributed by atoms with E-state index in [9.17, 15) is 15.0 Å². The Kier molecular flexibility index (Phi) is 5.62. The van der Waals surface area contributed by atoms with Gasteiger partial charge in [0.25, 0.3) is 0 Å². The largest absolute Gasteiger partial charge is 0.383 e. The second kappa shape index (κ2) is 8.59. The standard InChI is InChI=1S/C26H23N3O3S/c30-24(19-8-1-4-12-27-19)23-18(20-9-7-15-33-20)16-25(31,21-10-2-5-13-28-21)17-26(23,32)22-11-3-6-14-29-22/h1-15,18,23,31-32H,16-17H2/t18-,23+,25+,26-/m0/s1. The van der Waals surface area contributed by atoms with Crippen LogP contribution in [0.1, 0.15) is 45.5 Å². The number of hydrogen-bond acceptors (Lipinski definition) is 7. The highest BCUT2D eigenvalue weighted by atomic mass is 32.1. The number of ketones is 1. The first kappa shape index (κ1) is 21.6. The Morgan fingerprint density at radius 1 is 0.848 bits per heavy atom. The third-order valence-electron chi connectivity index (χ3n) is 6.39. The lowest BCUT2D eigenvalue weighted by atomic mass is 9.59. The van der Waals surface area contributed by atoms with Crippen LogP contribution in [0.25, 0.3) is 0 Å². The Morgan fingerprint density at radius 2 is 1.52 bits per heavy atom. The third-order valence-corrected chi connectivity index (χ3v) is 7.40. The van der Waals surface area contributed by atoms with Crippen molar-refractivity contribution in [3.8, 4) is 0 Å². The third kappa shape index (κ3) is 3.88. The number of carbonyl (C=O) groups is 1. The maximum atomic E-state index is 13.9. The van der Waals surface area contributed by atoms with Crippen LogP contribution in [-0.2, 0) is 11.2 Å². The predicted molar refractivity (Wildman–Crippen MR) is 125 cm³/mol. The second-order valence-electron chi connectivity index (χ2n) is 8.45. The molecule has 0 unspecified atom stereocenters. The monoisotopic (exact) mass is 457 g/mol. The van der Waals surface area contributed by atoms with Gasteiger partial charge in [0.15, 0.2) is 5.78 Å². The first-order valence-electron chi connectivity index (χ1n) is 10.8. The van der Waals surface area contributed by atoms with Gasteiger partial charge < -0.3 is 10.2 Å². The molecule has 0 aliphatic heterocycles. The summed E-state index contributed by atoms with van der Waals surface area (Å²) in [6.07, 6.45) is 4.91. The zero-order valence-corrected chi connectivity index (χ0v) is 18.6. The highest BCUT2D eigenvalue weighted by molar-refractivity contribution is 7.10. The number of carbonyl (C=O) groups excluding carboxylic acids is 1. The average Bonchev–Trinajstić information content (AvgIpc) is 3.40. The van der Waals surface area contributed by atoms with Crippen molar-refractivity contribution in [1.82, 2.24) is 15.0 Å². The Bertz CT molecular complexity index is 1220. The summed E-state index contributed by atoms with van der Waals surface area (Å²) in [7, 11) is 0. The van der Waals surface area contributed by atoms with Gasteiger partial charge >= 0.3 is 0 Å². The van der Waals surface area contributed by atoms with Gasteiger partial charge in [0.1, 0.15) is 16.9 Å². The fourth-order valence-electron chi connectivity index (χ4n) is 4.98. The van der Waals surface area contributed by atoms with Gasteiger partial charge in [-0.3, -0.25) is 19.7 Å². The number of thiophene rings is 1. The molecule has 0 radical (unpaired) electrons. The zero-order chi connectivity index (χ0) is 22.9. The number of hydrogen-bond donors (Lipinski definition) is 2. The zero-order valence-electron chi connectivity index (χ0n) is 17.8. The molecule has 166 valence electrons. The second-order valence-corrected chi connectivity index (χ2v) is 9.42. The molecule has 1 aliphatic carbocycles. The summed E-state index contributed by atoms with van der Waals surface area (Å²) < 4.78 is 0. The minimum absolute atomic E-state index is 0.112. The molecule has 5 rings (SSSR count). The first-order chi connectivity index (χ1) is 16.0. The van der Waals surface area contributed by atoms with Crippen molar-refractivity contribution in [2.24, 2.45) is 5.92 Å². The van der Waals surface area contributed by atoms with Gasteiger partial charge in [-0.05, 0) is 54.3 Å². The Morgan fingerprint density at radius 3 is 2.09 bits per heavy atom. The van der Waals surface area contributed by atoms with Crippen LogP contribution in [-0.4, -0.2) is 30.9 Å². The SMILES string of the molecule is O=C(c1ccccn1)[C@H]1[C@H](c2cccs2)C[C@](O)(c2ccccn2)C[C@]1(O)c1ccccn1. The van der Waals surface area contributed by atoms with E-state index in [-0.39, 0.29) is 24.3 Å². The fraction of sp³-hybridized carbons (Fsp3) is 0.231. The van der Waals surface area contributed by atoms with E-state index >= 15 is 0 Å². The normalized spacial score (nSPS) is 27.2. The minimum Gasteiger partial charge on any atom is -0.383 e. The van der Waals surface area contributed by atoms with E-state index < -0.39 is 23.0 Å². The topological polar surface area (TPSA) is 96.2 Å². The quantitative estimate of drug-likeness (QED) is 0.438. The van der Waals surface area contributed by atoms with Crippen molar-refractivity contribution >= 4 is 17.1 Å². The molecule has 6 nitrogen and oxygen atoms in total. The number of aliphatic hydroxyl groups is 2. The van der Waals surface area contributed by atoms with E-state index in [2.05, 4.69) is 15.0 Å². The van der Waals surface area contributed by atoms with Crippen molar-refractivity contribution in [2.75, 3.05) is 0 Å². The molecular formula is C26H23N3O3S.